The summed E-state index contributed by atoms with van der Waals surface area (Å²) in [6.45, 7) is 6.20. The fourth-order valence-electron chi connectivity index (χ4n) is 1.37. The summed E-state index contributed by atoms with van der Waals surface area (Å²) in [5.74, 6) is 1.09. The first-order valence-electron chi connectivity index (χ1n) is 4.69. The Morgan fingerprint density at radius 1 is 1.33 bits per heavy atom. The molecule has 4 heteroatoms. The van der Waals surface area contributed by atoms with Gasteiger partial charge in [-0.3, -0.25) is 0 Å². The largest absolute Gasteiger partial charge is 0.508 e. The summed E-state index contributed by atoms with van der Waals surface area (Å²) in [4.78, 5) is 0. The van der Waals surface area contributed by atoms with Crippen LogP contribution in [0, 0.1) is 13.8 Å². The van der Waals surface area contributed by atoms with Gasteiger partial charge in [0.1, 0.15) is 18.1 Å². The van der Waals surface area contributed by atoms with Crippen LogP contribution < -0.4 is 10.5 Å². The van der Waals surface area contributed by atoms with Crippen molar-refractivity contribution in [3.05, 3.63) is 23.3 Å². The predicted octanol–water partition coefficient (Wildman–Crippen LogP) is 2.16. The van der Waals surface area contributed by atoms with E-state index in [1.54, 1.807) is 12.1 Å². The molecule has 0 aliphatic rings. The molecule has 1 atom stereocenters. The van der Waals surface area contributed by atoms with Crippen LogP contribution in [0.1, 0.15) is 18.1 Å². The maximum Gasteiger partial charge on any atom is 0.125 e. The maximum atomic E-state index is 9.32. The Morgan fingerprint density at radius 3 is 2.20 bits per heavy atom. The standard InChI is InChI=1S/C11H17NO2.ClH/c1-7-4-10(13)5-8(2)11(7)14-6-9(3)12;/h4-5,9,13H,6,12H2,1-3H3;1H. The van der Waals surface area contributed by atoms with Crippen LogP contribution in [0.4, 0.5) is 0 Å². The van der Waals surface area contributed by atoms with Gasteiger partial charge in [0.2, 0.25) is 0 Å². The molecule has 0 aliphatic heterocycles. The lowest BCUT2D eigenvalue weighted by molar-refractivity contribution is 0.292. The molecule has 3 nitrogen and oxygen atoms in total. The van der Waals surface area contributed by atoms with Crippen molar-refractivity contribution in [2.24, 2.45) is 5.73 Å². The summed E-state index contributed by atoms with van der Waals surface area (Å²) in [5, 5.41) is 9.32. The van der Waals surface area contributed by atoms with Gasteiger partial charge < -0.3 is 15.6 Å². The van der Waals surface area contributed by atoms with Crippen LogP contribution in [0.15, 0.2) is 12.1 Å². The Morgan fingerprint density at radius 2 is 1.80 bits per heavy atom. The monoisotopic (exact) mass is 231 g/mol. The first-order valence-corrected chi connectivity index (χ1v) is 4.69. The van der Waals surface area contributed by atoms with Crippen molar-refractivity contribution in [3.8, 4) is 11.5 Å². The van der Waals surface area contributed by atoms with E-state index >= 15 is 0 Å². The molecule has 0 amide bonds. The summed E-state index contributed by atoms with van der Waals surface area (Å²) in [7, 11) is 0. The average Bonchev–Trinajstić information content (AvgIpc) is 2.01. The number of ether oxygens (including phenoxy) is 1. The minimum atomic E-state index is 0. The van der Waals surface area contributed by atoms with Gasteiger partial charge in [0.15, 0.2) is 0 Å². The van der Waals surface area contributed by atoms with Crippen molar-refractivity contribution in [3.63, 3.8) is 0 Å². The van der Waals surface area contributed by atoms with E-state index in [2.05, 4.69) is 0 Å². The Hall–Kier alpha value is -0.930. The van der Waals surface area contributed by atoms with Crippen molar-refractivity contribution < 1.29 is 9.84 Å². The van der Waals surface area contributed by atoms with Crippen LogP contribution in [0.2, 0.25) is 0 Å². The second-order valence-electron chi connectivity index (χ2n) is 3.70. The molecule has 0 heterocycles. The van der Waals surface area contributed by atoms with Crippen LogP contribution in [0.5, 0.6) is 11.5 Å². The number of aromatic hydroxyl groups is 1. The van der Waals surface area contributed by atoms with Crippen molar-refractivity contribution in [1.29, 1.82) is 0 Å². The first-order chi connectivity index (χ1) is 6.50. The molecule has 0 aliphatic carbocycles. The smallest absolute Gasteiger partial charge is 0.125 e. The van der Waals surface area contributed by atoms with Gasteiger partial charge in [-0.2, -0.15) is 0 Å². The summed E-state index contributed by atoms with van der Waals surface area (Å²) in [5.41, 5.74) is 7.46. The molecule has 15 heavy (non-hydrogen) atoms. The van der Waals surface area contributed by atoms with E-state index in [0.717, 1.165) is 16.9 Å². The third kappa shape index (κ3) is 3.98. The Bertz CT molecular complexity index is 303. The van der Waals surface area contributed by atoms with E-state index in [9.17, 15) is 5.11 Å². The molecule has 0 saturated carbocycles. The summed E-state index contributed by atoms with van der Waals surface area (Å²) in [6, 6.07) is 3.38. The van der Waals surface area contributed by atoms with Crippen LogP contribution in [-0.4, -0.2) is 17.8 Å². The SMILES string of the molecule is Cc1cc(O)cc(C)c1OCC(C)N.Cl. The minimum Gasteiger partial charge on any atom is -0.508 e. The molecule has 3 N–H and O–H groups in total. The molecule has 1 aromatic carbocycles. The maximum absolute atomic E-state index is 9.32. The van der Waals surface area contributed by atoms with E-state index in [1.165, 1.54) is 0 Å². The summed E-state index contributed by atoms with van der Waals surface area (Å²) >= 11 is 0. The number of nitrogens with two attached hydrogens (primary N) is 1. The molecule has 86 valence electrons. The number of benzene rings is 1. The van der Waals surface area contributed by atoms with Crippen molar-refractivity contribution in [2.75, 3.05) is 6.61 Å². The van der Waals surface area contributed by atoms with Crippen LogP contribution in [0.25, 0.3) is 0 Å². The molecule has 1 unspecified atom stereocenters. The molecule has 0 fully saturated rings. The topological polar surface area (TPSA) is 55.5 Å². The Labute approximate surface area is 96.7 Å². The molecular weight excluding hydrogens is 214 g/mol. The Balaban J connectivity index is 0.00000196. The van der Waals surface area contributed by atoms with Crippen molar-refractivity contribution in [1.82, 2.24) is 0 Å². The molecule has 0 radical (unpaired) electrons. The van der Waals surface area contributed by atoms with Gasteiger partial charge in [-0.05, 0) is 44.0 Å². The van der Waals surface area contributed by atoms with Crippen LogP contribution >= 0.6 is 12.4 Å². The number of hydrogen-bond donors (Lipinski definition) is 2. The quantitative estimate of drug-likeness (QED) is 0.838. The zero-order valence-electron chi connectivity index (χ0n) is 9.28. The van der Waals surface area contributed by atoms with Crippen LogP contribution in [-0.2, 0) is 0 Å². The second kappa shape index (κ2) is 5.83. The zero-order chi connectivity index (χ0) is 10.7. The molecule has 1 rings (SSSR count). The molecule has 0 spiro atoms. The van der Waals surface area contributed by atoms with Crippen molar-refractivity contribution in [2.45, 2.75) is 26.8 Å². The number of phenols is 1. The van der Waals surface area contributed by atoms with E-state index in [4.69, 9.17) is 10.5 Å². The summed E-state index contributed by atoms with van der Waals surface area (Å²) in [6.07, 6.45) is 0. The fraction of sp³-hybridized carbons (Fsp3) is 0.455. The average molecular weight is 232 g/mol. The molecule has 1 aromatic rings. The fourth-order valence-corrected chi connectivity index (χ4v) is 1.37. The molecular formula is C11H18ClNO2. The molecule has 0 bridgehead atoms. The second-order valence-corrected chi connectivity index (χ2v) is 3.70. The lowest BCUT2D eigenvalue weighted by atomic mass is 10.1. The lowest BCUT2D eigenvalue weighted by Crippen LogP contribution is -2.24. The van der Waals surface area contributed by atoms with Gasteiger partial charge in [-0.15, -0.1) is 12.4 Å². The van der Waals surface area contributed by atoms with E-state index in [1.807, 2.05) is 20.8 Å². The highest BCUT2D eigenvalue weighted by Gasteiger charge is 2.06. The van der Waals surface area contributed by atoms with Gasteiger partial charge in [0.05, 0.1) is 0 Å². The van der Waals surface area contributed by atoms with Crippen LogP contribution in [0.3, 0.4) is 0 Å². The number of rotatable bonds is 3. The van der Waals surface area contributed by atoms with E-state index in [-0.39, 0.29) is 24.2 Å². The van der Waals surface area contributed by atoms with Gasteiger partial charge in [-0.25, -0.2) is 0 Å². The van der Waals surface area contributed by atoms with Gasteiger partial charge in [0.25, 0.3) is 0 Å². The predicted molar refractivity (Wildman–Crippen MR) is 64.0 cm³/mol. The highest BCUT2D eigenvalue weighted by atomic mass is 35.5. The minimum absolute atomic E-state index is 0. The first kappa shape index (κ1) is 14.1. The van der Waals surface area contributed by atoms with E-state index in [0.29, 0.717) is 6.61 Å². The van der Waals surface area contributed by atoms with E-state index < -0.39 is 0 Å². The molecule has 0 aromatic heterocycles. The highest BCUT2D eigenvalue weighted by Crippen LogP contribution is 2.27. The summed E-state index contributed by atoms with van der Waals surface area (Å²) < 4.78 is 5.55. The number of hydrogen-bond acceptors (Lipinski definition) is 3. The normalized spacial score (nSPS) is 11.7. The van der Waals surface area contributed by atoms with Gasteiger partial charge >= 0.3 is 0 Å². The van der Waals surface area contributed by atoms with Crippen molar-refractivity contribution >= 4 is 12.4 Å². The Kier molecular flexibility index (Phi) is 5.47. The number of phenolic OH excluding ortho intramolecular Hbond substituents is 1. The number of halogens is 1. The number of aryl methyl sites for hydroxylation is 2. The third-order valence-electron chi connectivity index (χ3n) is 1.94. The van der Waals surface area contributed by atoms with Gasteiger partial charge in [-0.1, -0.05) is 0 Å². The third-order valence-corrected chi connectivity index (χ3v) is 1.94. The lowest BCUT2D eigenvalue weighted by Gasteiger charge is -2.13. The zero-order valence-corrected chi connectivity index (χ0v) is 10.1. The van der Waals surface area contributed by atoms with Gasteiger partial charge in [0, 0.05) is 6.04 Å². The molecule has 0 saturated heterocycles. The highest BCUT2D eigenvalue weighted by molar-refractivity contribution is 5.85.